The average Bonchev–Trinajstić information content (AvgIpc) is 2.75. The number of hydrogen-bond acceptors (Lipinski definition) is 3. The molecule has 10 heteroatoms. The van der Waals surface area contributed by atoms with Gasteiger partial charge in [-0.2, -0.15) is 18.4 Å². The third kappa shape index (κ3) is 4.12. The molecule has 0 saturated carbocycles. The second-order valence-corrected chi connectivity index (χ2v) is 6.91. The molecule has 1 aliphatic heterocycles. The molecule has 0 fully saturated rings. The van der Waals surface area contributed by atoms with E-state index in [-0.39, 0.29) is 17.1 Å². The minimum absolute atomic E-state index is 0.0204. The summed E-state index contributed by atoms with van der Waals surface area (Å²) in [6.07, 6.45) is -4.65. The largest absolute Gasteiger partial charge is 0.480 e. The van der Waals surface area contributed by atoms with Crippen LogP contribution in [0.15, 0.2) is 59.9 Å². The molecule has 7 nitrogen and oxygen atoms in total. The van der Waals surface area contributed by atoms with Gasteiger partial charge in [0.2, 0.25) is 5.70 Å². The van der Waals surface area contributed by atoms with Crippen LogP contribution in [0.25, 0.3) is 4.85 Å². The number of nitrogens with zero attached hydrogens (tertiary/aromatic N) is 4. The third-order valence-electron chi connectivity index (χ3n) is 4.93. The monoisotopic (exact) mass is 440 g/mol. The van der Waals surface area contributed by atoms with Crippen molar-refractivity contribution in [2.24, 2.45) is 0 Å². The molecule has 2 amide bonds. The Balaban J connectivity index is 2.20. The van der Waals surface area contributed by atoms with Gasteiger partial charge in [-0.1, -0.05) is 18.2 Å². The molecule has 162 valence electrons. The van der Waals surface area contributed by atoms with E-state index in [2.05, 4.69) is 4.85 Å². The number of alkyl halides is 3. The number of rotatable bonds is 4. The zero-order valence-electron chi connectivity index (χ0n) is 16.6. The van der Waals surface area contributed by atoms with Gasteiger partial charge in [0.25, 0.3) is 0 Å². The third-order valence-corrected chi connectivity index (χ3v) is 4.93. The summed E-state index contributed by atoms with van der Waals surface area (Å²) in [5.74, 6) is -1.36. The number of halogens is 3. The predicted octanol–water partition coefficient (Wildman–Crippen LogP) is 4.80. The van der Waals surface area contributed by atoms with Gasteiger partial charge < -0.3 is 10.0 Å². The van der Waals surface area contributed by atoms with Crippen molar-refractivity contribution < 1.29 is 27.9 Å². The highest BCUT2D eigenvalue weighted by Gasteiger charge is 2.41. The van der Waals surface area contributed by atoms with Gasteiger partial charge in [0.05, 0.1) is 29.8 Å². The zero-order valence-corrected chi connectivity index (χ0v) is 16.6. The highest BCUT2D eigenvalue weighted by molar-refractivity contribution is 5.98. The lowest BCUT2D eigenvalue weighted by Gasteiger charge is -2.41. The van der Waals surface area contributed by atoms with Crippen molar-refractivity contribution in [1.82, 2.24) is 4.90 Å². The van der Waals surface area contributed by atoms with Crippen LogP contribution in [0.1, 0.15) is 29.7 Å². The number of benzene rings is 2. The molecular formula is C22H15F3N4O3. The summed E-state index contributed by atoms with van der Waals surface area (Å²) < 4.78 is 39.6. The van der Waals surface area contributed by atoms with E-state index in [1.165, 1.54) is 37.3 Å². The maximum Gasteiger partial charge on any atom is 0.416 e. The van der Waals surface area contributed by atoms with Crippen LogP contribution in [0.2, 0.25) is 0 Å². The summed E-state index contributed by atoms with van der Waals surface area (Å²) in [5.41, 5.74) is -0.339. The Morgan fingerprint density at radius 1 is 1.25 bits per heavy atom. The van der Waals surface area contributed by atoms with Gasteiger partial charge in [-0.15, -0.1) is 0 Å². The van der Waals surface area contributed by atoms with E-state index in [0.717, 1.165) is 28.0 Å². The second-order valence-electron chi connectivity index (χ2n) is 6.91. The molecular weight excluding hydrogens is 425 g/mol. The number of hydrogen-bond donors (Lipinski definition) is 1. The van der Waals surface area contributed by atoms with Gasteiger partial charge in [0.1, 0.15) is 6.54 Å². The summed E-state index contributed by atoms with van der Waals surface area (Å²) in [6, 6.07) is 9.95. The number of carbonyl (C=O) groups excluding carboxylic acids is 1. The number of anilines is 1. The Morgan fingerprint density at radius 2 is 1.91 bits per heavy atom. The van der Waals surface area contributed by atoms with E-state index in [0.29, 0.717) is 11.1 Å². The molecule has 1 heterocycles. The minimum Gasteiger partial charge on any atom is -0.480 e. The second kappa shape index (κ2) is 8.44. The molecule has 2 aromatic rings. The normalized spacial score (nSPS) is 16.6. The summed E-state index contributed by atoms with van der Waals surface area (Å²) in [4.78, 5) is 30.1. The highest BCUT2D eigenvalue weighted by Crippen LogP contribution is 2.41. The summed E-state index contributed by atoms with van der Waals surface area (Å²) in [7, 11) is 0. The van der Waals surface area contributed by atoms with E-state index in [4.69, 9.17) is 11.8 Å². The van der Waals surface area contributed by atoms with Gasteiger partial charge in [0, 0.05) is 11.4 Å². The van der Waals surface area contributed by atoms with Gasteiger partial charge in [0.15, 0.2) is 0 Å². The minimum atomic E-state index is -4.65. The van der Waals surface area contributed by atoms with Crippen LogP contribution in [0.4, 0.5) is 23.7 Å². The maximum absolute atomic E-state index is 13.3. The smallest absolute Gasteiger partial charge is 0.416 e. The Morgan fingerprint density at radius 3 is 2.44 bits per heavy atom. The van der Waals surface area contributed by atoms with Crippen LogP contribution in [0.3, 0.4) is 0 Å². The summed E-state index contributed by atoms with van der Waals surface area (Å²) >= 11 is 0. The fourth-order valence-electron chi connectivity index (χ4n) is 3.49. The van der Waals surface area contributed by atoms with E-state index < -0.39 is 36.3 Å². The summed E-state index contributed by atoms with van der Waals surface area (Å²) in [6.45, 7) is 8.27. The van der Waals surface area contributed by atoms with Crippen LogP contribution in [-0.4, -0.2) is 28.6 Å². The van der Waals surface area contributed by atoms with E-state index in [9.17, 15) is 27.9 Å². The van der Waals surface area contributed by atoms with Gasteiger partial charge in [-0.3, -0.25) is 9.69 Å². The van der Waals surface area contributed by atoms with E-state index in [1.807, 2.05) is 6.07 Å². The van der Waals surface area contributed by atoms with Crippen molar-refractivity contribution in [3.05, 3.63) is 88.0 Å². The molecule has 0 saturated heterocycles. The molecule has 0 radical (unpaired) electrons. The molecule has 2 aromatic carbocycles. The van der Waals surface area contributed by atoms with Crippen molar-refractivity contribution in [2.45, 2.75) is 19.1 Å². The van der Waals surface area contributed by atoms with Crippen molar-refractivity contribution in [1.29, 1.82) is 5.26 Å². The van der Waals surface area contributed by atoms with Crippen LogP contribution in [0.5, 0.6) is 0 Å². The Hall–Kier alpha value is -4.31. The fraction of sp³-hybridized carbons (Fsp3) is 0.182. The van der Waals surface area contributed by atoms with E-state index >= 15 is 0 Å². The van der Waals surface area contributed by atoms with Crippen LogP contribution >= 0.6 is 0 Å². The molecule has 1 N–H and O–H groups in total. The zero-order chi connectivity index (χ0) is 23.6. The molecule has 1 aliphatic rings. The molecule has 0 aliphatic carbocycles. The lowest BCUT2D eigenvalue weighted by molar-refractivity contribution is -0.138. The van der Waals surface area contributed by atoms with Crippen molar-refractivity contribution in [3.63, 3.8) is 0 Å². The molecule has 0 bridgehead atoms. The Labute approximate surface area is 181 Å². The first-order valence-electron chi connectivity index (χ1n) is 9.16. The first-order chi connectivity index (χ1) is 15.1. The standard InChI is InChI=1S/C22H15F3N4O3/c1-13-19(27-2)20(15-8-6-14(11-26)7-9-15)28(12-18(30)31)21(32)29(13)17-5-3-4-16(10-17)22(23,24)25/h3-10,20H,12H2,1H3,(H,30,31)/t20-/m1/s1. The van der Waals surface area contributed by atoms with Gasteiger partial charge >= 0.3 is 18.2 Å². The Bertz CT molecular complexity index is 1190. The number of aliphatic carboxylic acids is 1. The van der Waals surface area contributed by atoms with Crippen molar-refractivity contribution in [2.75, 3.05) is 11.4 Å². The number of carboxylic acids is 1. The lowest BCUT2D eigenvalue weighted by Crippen LogP contribution is -2.51. The number of carbonyl (C=O) groups is 2. The van der Waals surface area contributed by atoms with Crippen molar-refractivity contribution >= 4 is 17.7 Å². The number of carboxylic acid groups (broad SMARTS) is 1. The van der Waals surface area contributed by atoms with Crippen LogP contribution < -0.4 is 4.90 Å². The number of urea groups is 1. The molecule has 1 atom stereocenters. The SMILES string of the molecule is [C-]#[N+]C1=C(C)N(c2cccc(C(F)(F)F)c2)C(=O)N(CC(=O)O)[C@@H]1c1ccc(C#N)cc1. The topological polar surface area (TPSA) is 89.0 Å². The average molecular weight is 440 g/mol. The molecule has 0 unspecified atom stereocenters. The molecule has 3 rings (SSSR count). The highest BCUT2D eigenvalue weighted by atomic mass is 19.4. The first kappa shape index (κ1) is 22.4. The predicted molar refractivity (Wildman–Crippen MR) is 107 cm³/mol. The molecule has 0 spiro atoms. The van der Waals surface area contributed by atoms with Gasteiger partial charge in [-0.05, 0) is 42.8 Å². The first-order valence-corrected chi connectivity index (χ1v) is 9.16. The number of amides is 2. The fourth-order valence-corrected chi connectivity index (χ4v) is 3.49. The van der Waals surface area contributed by atoms with Crippen LogP contribution in [-0.2, 0) is 11.0 Å². The summed E-state index contributed by atoms with van der Waals surface area (Å²) in [5, 5.41) is 18.4. The molecule has 0 aromatic heterocycles. The van der Waals surface area contributed by atoms with Crippen LogP contribution in [0, 0.1) is 17.9 Å². The maximum atomic E-state index is 13.3. The van der Waals surface area contributed by atoms with Crippen molar-refractivity contribution in [3.8, 4) is 6.07 Å². The number of allylic oxidation sites excluding steroid dienone is 1. The van der Waals surface area contributed by atoms with Gasteiger partial charge in [-0.25, -0.2) is 9.64 Å². The quantitative estimate of drug-likeness (QED) is 0.692. The number of nitriles is 1. The Kier molecular flexibility index (Phi) is 5.90. The molecule has 32 heavy (non-hydrogen) atoms. The van der Waals surface area contributed by atoms with E-state index in [1.54, 1.807) is 0 Å². The lowest BCUT2D eigenvalue weighted by atomic mass is 9.97.